The highest BCUT2D eigenvalue weighted by Crippen LogP contribution is 2.50. The molecule has 2 aliphatic rings. The zero-order valence-electron chi connectivity index (χ0n) is 13.3. The Bertz CT molecular complexity index is 830. The fourth-order valence-electron chi connectivity index (χ4n) is 3.87. The van der Waals surface area contributed by atoms with E-state index in [-0.39, 0.29) is 12.0 Å². The molecular formula is C20H18BrNO2. The van der Waals surface area contributed by atoms with Crippen LogP contribution in [0.4, 0.5) is 5.69 Å². The molecule has 0 saturated heterocycles. The molecule has 0 bridgehead atoms. The number of allylic oxidation sites excluding steroid dienone is 2. The second-order valence-electron chi connectivity index (χ2n) is 6.32. The van der Waals surface area contributed by atoms with Crippen molar-refractivity contribution in [2.24, 2.45) is 5.92 Å². The Hall–Kier alpha value is -2.07. The Labute approximate surface area is 149 Å². The van der Waals surface area contributed by atoms with Crippen molar-refractivity contribution < 1.29 is 9.53 Å². The number of ether oxygens (including phenoxy) is 1. The van der Waals surface area contributed by atoms with Gasteiger partial charge in [-0.05, 0) is 53.8 Å². The number of esters is 1. The highest BCUT2D eigenvalue weighted by atomic mass is 79.9. The van der Waals surface area contributed by atoms with Gasteiger partial charge in [-0.25, -0.2) is 4.79 Å². The Morgan fingerprint density at radius 1 is 1.25 bits per heavy atom. The van der Waals surface area contributed by atoms with E-state index in [1.807, 2.05) is 24.3 Å². The van der Waals surface area contributed by atoms with Crippen LogP contribution in [0.3, 0.4) is 0 Å². The molecule has 2 aromatic carbocycles. The molecule has 0 unspecified atom stereocenters. The van der Waals surface area contributed by atoms with Gasteiger partial charge in [0.05, 0.1) is 18.7 Å². The van der Waals surface area contributed by atoms with Gasteiger partial charge in [0, 0.05) is 16.1 Å². The van der Waals surface area contributed by atoms with Crippen molar-refractivity contribution >= 4 is 27.6 Å². The van der Waals surface area contributed by atoms with E-state index < -0.39 is 0 Å². The normalized spacial score (nSPS) is 24.0. The molecule has 4 rings (SSSR count). The fourth-order valence-corrected chi connectivity index (χ4v) is 4.29. The predicted molar refractivity (Wildman–Crippen MR) is 98.3 cm³/mol. The lowest BCUT2D eigenvalue weighted by Gasteiger charge is -2.37. The maximum absolute atomic E-state index is 11.8. The van der Waals surface area contributed by atoms with E-state index in [0.717, 1.165) is 16.6 Å². The zero-order chi connectivity index (χ0) is 16.7. The number of benzene rings is 2. The Kier molecular flexibility index (Phi) is 3.93. The summed E-state index contributed by atoms with van der Waals surface area (Å²) in [6.45, 7) is 0. The largest absolute Gasteiger partial charge is 0.465 e. The summed E-state index contributed by atoms with van der Waals surface area (Å²) in [7, 11) is 1.42. The lowest BCUT2D eigenvalue weighted by atomic mass is 9.76. The van der Waals surface area contributed by atoms with E-state index in [1.54, 1.807) is 0 Å². The van der Waals surface area contributed by atoms with Crippen LogP contribution in [0.2, 0.25) is 0 Å². The van der Waals surface area contributed by atoms with Crippen LogP contribution in [0, 0.1) is 5.92 Å². The number of halogens is 1. The number of hydrogen-bond acceptors (Lipinski definition) is 3. The lowest BCUT2D eigenvalue weighted by Crippen LogP contribution is -2.29. The molecule has 0 saturated carbocycles. The summed E-state index contributed by atoms with van der Waals surface area (Å²) >= 11 is 3.57. The maximum atomic E-state index is 11.8. The predicted octanol–water partition coefficient (Wildman–Crippen LogP) is 5.06. The first kappa shape index (κ1) is 15.5. The van der Waals surface area contributed by atoms with Crippen molar-refractivity contribution in [1.29, 1.82) is 0 Å². The molecule has 3 nitrogen and oxygen atoms in total. The molecular weight excluding hydrogens is 366 g/mol. The van der Waals surface area contributed by atoms with Crippen LogP contribution >= 0.6 is 15.9 Å². The Morgan fingerprint density at radius 2 is 2.12 bits per heavy atom. The highest BCUT2D eigenvalue weighted by molar-refractivity contribution is 9.10. The molecule has 122 valence electrons. The molecule has 1 aliphatic carbocycles. The fraction of sp³-hybridized carbons (Fsp3) is 0.250. The third-order valence-corrected chi connectivity index (χ3v) is 5.48. The van der Waals surface area contributed by atoms with Gasteiger partial charge in [0.2, 0.25) is 0 Å². The summed E-state index contributed by atoms with van der Waals surface area (Å²) in [5, 5.41) is 3.68. The van der Waals surface area contributed by atoms with Gasteiger partial charge in [0.1, 0.15) is 0 Å². The van der Waals surface area contributed by atoms with Gasteiger partial charge in [0.25, 0.3) is 0 Å². The summed E-state index contributed by atoms with van der Waals surface area (Å²) in [6.07, 6.45) is 5.56. The second kappa shape index (κ2) is 6.10. The minimum Gasteiger partial charge on any atom is -0.465 e. The van der Waals surface area contributed by atoms with Crippen LogP contribution in [0.15, 0.2) is 59.1 Å². The molecule has 1 N–H and O–H groups in total. The van der Waals surface area contributed by atoms with Crippen molar-refractivity contribution in [1.82, 2.24) is 0 Å². The van der Waals surface area contributed by atoms with E-state index >= 15 is 0 Å². The molecule has 4 heteroatoms. The topological polar surface area (TPSA) is 38.3 Å². The summed E-state index contributed by atoms with van der Waals surface area (Å²) in [5.41, 5.74) is 4.17. The number of hydrogen-bond donors (Lipinski definition) is 1. The molecule has 0 aromatic heterocycles. The maximum Gasteiger partial charge on any atom is 0.337 e. The summed E-state index contributed by atoms with van der Waals surface area (Å²) in [5.74, 6) is 0.500. The number of fused-ring (bicyclic) bond motifs is 3. The van der Waals surface area contributed by atoms with Crippen LogP contribution in [-0.4, -0.2) is 13.1 Å². The first-order chi connectivity index (χ1) is 11.7. The summed E-state index contributed by atoms with van der Waals surface area (Å²) in [6, 6.07) is 14.5. The van der Waals surface area contributed by atoms with E-state index in [4.69, 9.17) is 4.74 Å². The van der Waals surface area contributed by atoms with Crippen molar-refractivity contribution in [3.63, 3.8) is 0 Å². The average Bonchev–Trinajstić information content (AvgIpc) is 3.10. The molecule has 2 aromatic rings. The average molecular weight is 384 g/mol. The zero-order valence-corrected chi connectivity index (χ0v) is 14.9. The van der Waals surface area contributed by atoms with Crippen molar-refractivity contribution in [3.8, 4) is 0 Å². The third-order valence-electron chi connectivity index (χ3n) is 4.99. The lowest BCUT2D eigenvalue weighted by molar-refractivity contribution is 0.0600. The molecule has 1 aliphatic heterocycles. The third kappa shape index (κ3) is 2.55. The summed E-state index contributed by atoms with van der Waals surface area (Å²) < 4.78 is 5.95. The second-order valence-corrected chi connectivity index (χ2v) is 7.24. The smallest absolute Gasteiger partial charge is 0.337 e. The van der Waals surface area contributed by atoms with E-state index in [9.17, 15) is 4.79 Å². The number of methoxy groups -OCH3 is 1. The Morgan fingerprint density at radius 3 is 2.92 bits per heavy atom. The summed E-state index contributed by atoms with van der Waals surface area (Å²) in [4.78, 5) is 11.8. The van der Waals surface area contributed by atoms with Gasteiger partial charge in [-0.15, -0.1) is 0 Å². The van der Waals surface area contributed by atoms with Crippen molar-refractivity contribution in [3.05, 3.63) is 75.8 Å². The Balaban J connectivity index is 1.76. The number of nitrogens with one attached hydrogen (secondary N) is 1. The van der Waals surface area contributed by atoms with Crippen LogP contribution in [0.1, 0.15) is 39.9 Å². The quantitative estimate of drug-likeness (QED) is 0.581. The number of anilines is 1. The molecule has 1 heterocycles. The monoisotopic (exact) mass is 383 g/mol. The van der Waals surface area contributed by atoms with Gasteiger partial charge < -0.3 is 10.1 Å². The SMILES string of the molecule is COC(=O)c1ccc2c(c1)[C@@H]1C=CC[C@@H]1[C@H](c1cccc(Br)c1)N2. The van der Waals surface area contributed by atoms with Crippen LogP contribution in [-0.2, 0) is 4.74 Å². The first-order valence-corrected chi connectivity index (χ1v) is 8.87. The number of carbonyl (C=O) groups excluding carboxylic acids is 1. The minimum atomic E-state index is -0.287. The van der Waals surface area contributed by atoms with E-state index in [0.29, 0.717) is 17.4 Å². The van der Waals surface area contributed by atoms with E-state index in [2.05, 4.69) is 51.6 Å². The van der Waals surface area contributed by atoms with Gasteiger partial charge >= 0.3 is 5.97 Å². The van der Waals surface area contributed by atoms with Gasteiger partial charge in [-0.1, -0.05) is 40.2 Å². The molecule has 0 radical (unpaired) electrons. The minimum absolute atomic E-state index is 0.263. The highest BCUT2D eigenvalue weighted by Gasteiger charge is 2.38. The first-order valence-electron chi connectivity index (χ1n) is 8.08. The van der Waals surface area contributed by atoms with Gasteiger partial charge in [-0.2, -0.15) is 0 Å². The number of rotatable bonds is 2. The molecule has 0 fully saturated rings. The van der Waals surface area contributed by atoms with Crippen LogP contribution in [0.25, 0.3) is 0 Å². The molecule has 24 heavy (non-hydrogen) atoms. The van der Waals surface area contributed by atoms with Crippen LogP contribution < -0.4 is 5.32 Å². The van der Waals surface area contributed by atoms with Crippen molar-refractivity contribution in [2.45, 2.75) is 18.4 Å². The number of carbonyl (C=O) groups is 1. The van der Waals surface area contributed by atoms with Crippen LogP contribution in [0.5, 0.6) is 0 Å². The van der Waals surface area contributed by atoms with Crippen molar-refractivity contribution in [2.75, 3.05) is 12.4 Å². The van der Waals surface area contributed by atoms with Gasteiger partial charge in [0.15, 0.2) is 0 Å². The molecule has 0 amide bonds. The molecule has 0 spiro atoms. The molecule has 3 atom stereocenters. The van der Waals surface area contributed by atoms with Gasteiger partial charge in [-0.3, -0.25) is 0 Å². The standard InChI is InChI=1S/C20H18BrNO2/c1-24-20(23)13-8-9-18-17(11-13)15-6-3-7-16(15)19(22-18)12-4-2-5-14(21)10-12/h2-6,8-11,15-16,19,22H,7H2,1H3/t15-,16+,19+/m1/s1. The van der Waals surface area contributed by atoms with E-state index in [1.165, 1.54) is 18.2 Å².